The molecule has 1 rings (SSSR count). The molecule has 1 aliphatic heterocycles. The van der Waals surface area contributed by atoms with Crippen LogP contribution in [0.1, 0.15) is 12.8 Å². The molecule has 1 fully saturated rings. The Morgan fingerprint density at radius 2 is 2.33 bits per heavy atom. The molecule has 88 valence electrons. The minimum atomic E-state index is -0.579. The van der Waals surface area contributed by atoms with Gasteiger partial charge in [0.1, 0.15) is 6.10 Å². The third-order valence-corrected chi connectivity index (χ3v) is 2.35. The number of hydrogen-bond donors (Lipinski definition) is 1. The summed E-state index contributed by atoms with van der Waals surface area (Å²) in [5.41, 5.74) is 0. The number of amides is 1. The number of aliphatic hydroxyl groups excluding tert-OH is 1. The Labute approximate surface area is 90.0 Å². The molecule has 5 nitrogen and oxygen atoms in total. The van der Waals surface area contributed by atoms with E-state index in [1.165, 1.54) is 7.11 Å². The molecule has 0 aromatic rings. The summed E-state index contributed by atoms with van der Waals surface area (Å²) in [5.74, 6) is 0.205. The second-order valence-corrected chi connectivity index (χ2v) is 3.67. The van der Waals surface area contributed by atoms with E-state index in [0.29, 0.717) is 19.6 Å². The molecule has 15 heavy (non-hydrogen) atoms. The molecule has 1 atom stereocenters. The Bertz CT molecular complexity index is 198. The van der Waals surface area contributed by atoms with Crippen molar-refractivity contribution in [3.8, 4) is 0 Å². The number of hydrogen-bond acceptors (Lipinski definition) is 4. The fourth-order valence-corrected chi connectivity index (χ4v) is 1.58. The Morgan fingerprint density at radius 3 is 2.93 bits per heavy atom. The minimum Gasteiger partial charge on any atom is -0.388 e. The molecule has 1 unspecified atom stereocenters. The van der Waals surface area contributed by atoms with Crippen LogP contribution in [-0.4, -0.2) is 62.0 Å². The van der Waals surface area contributed by atoms with Crippen LogP contribution < -0.4 is 0 Å². The molecule has 1 saturated heterocycles. The van der Waals surface area contributed by atoms with Gasteiger partial charge in [-0.05, 0) is 6.42 Å². The fourth-order valence-electron chi connectivity index (χ4n) is 1.58. The molecule has 1 amide bonds. The van der Waals surface area contributed by atoms with Gasteiger partial charge in [-0.15, -0.1) is 0 Å². The lowest BCUT2D eigenvalue weighted by atomic mass is 10.4. The molecular formula is C10H19NO4. The Morgan fingerprint density at radius 1 is 1.53 bits per heavy atom. The van der Waals surface area contributed by atoms with Crippen LogP contribution in [0.5, 0.6) is 0 Å². The van der Waals surface area contributed by atoms with E-state index in [2.05, 4.69) is 0 Å². The van der Waals surface area contributed by atoms with E-state index < -0.39 is 6.10 Å². The fraction of sp³-hybridized carbons (Fsp3) is 0.900. The van der Waals surface area contributed by atoms with Crippen LogP contribution >= 0.6 is 0 Å². The maximum absolute atomic E-state index is 11.2. The van der Waals surface area contributed by atoms with Crippen LogP contribution in [-0.2, 0) is 14.3 Å². The van der Waals surface area contributed by atoms with E-state index in [-0.39, 0.29) is 19.1 Å². The van der Waals surface area contributed by atoms with Gasteiger partial charge in [-0.3, -0.25) is 4.79 Å². The molecule has 0 radical (unpaired) electrons. The Kier molecular flexibility index (Phi) is 5.60. The lowest BCUT2D eigenvalue weighted by Crippen LogP contribution is -2.30. The van der Waals surface area contributed by atoms with E-state index in [1.54, 1.807) is 4.90 Å². The predicted molar refractivity (Wildman–Crippen MR) is 54.5 cm³/mol. The van der Waals surface area contributed by atoms with Gasteiger partial charge in [0, 0.05) is 26.6 Å². The highest BCUT2D eigenvalue weighted by atomic mass is 16.5. The first-order valence-electron chi connectivity index (χ1n) is 5.26. The van der Waals surface area contributed by atoms with Gasteiger partial charge in [0.2, 0.25) is 5.91 Å². The third kappa shape index (κ3) is 4.59. The van der Waals surface area contributed by atoms with Crippen molar-refractivity contribution in [2.24, 2.45) is 0 Å². The lowest BCUT2D eigenvalue weighted by Gasteiger charge is -2.16. The average molecular weight is 217 g/mol. The zero-order valence-corrected chi connectivity index (χ0v) is 9.15. The molecule has 0 saturated carbocycles. The van der Waals surface area contributed by atoms with Crippen LogP contribution in [0.15, 0.2) is 0 Å². The number of likely N-dealkylation sites (tertiary alicyclic amines) is 1. The normalized spacial score (nSPS) is 18.5. The molecule has 0 spiro atoms. The van der Waals surface area contributed by atoms with Crippen molar-refractivity contribution in [1.29, 1.82) is 0 Å². The maximum atomic E-state index is 11.2. The summed E-state index contributed by atoms with van der Waals surface area (Å²) < 4.78 is 9.99. The number of rotatable bonds is 7. The molecule has 1 heterocycles. The quantitative estimate of drug-likeness (QED) is 0.591. The number of methoxy groups -OCH3 is 1. The summed E-state index contributed by atoms with van der Waals surface area (Å²) in [5, 5.41) is 9.26. The molecule has 0 aromatic heterocycles. The van der Waals surface area contributed by atoms with Crippen LogP contribution in [0.2, 0.25) is 0 Å². The Balaban J connectivity index is 1.99. The van der Waals surface area contributed by atoms with Crippen molar-refractivity contribution < 1.29 is 19.4 Å². The van der Waals surface area contributed by atoms with Gasteiger partial charge in [-0.25, -0.2) is 0 Å². The number of carbonyl (C=O) groups excluding carboxylic acids is 1. The zero-order chi connectivity index (χ0) is 11.1. The highest BCUT2D eigenvalue weighted by Gasteiger charge is 2.19. The highest BCUT2D eigenvalue weighted by molar-refractivity contribution is 5.77. The Hall–Kier alpha value is -0.650. The zero-order valence-electron chi connectivity index (χ0n) is 9.15. The number of aliphatic hydroxyl groups is 1. The van der Waals surface area contributed by atoms with Crippen LogP contribution in [0.3, 0.4) is 0 Å². The van der Waals surface area contributed by atoms with E-state index >= 15 is 0 Å². The molecule has 0 aliphatic carbocycles. The molecule has 0 aromatic carbocycles. The average Bonchev–Trinajstić information content (AvgIpc) is 2.60. The standard InChI is InChI=1S/C10H19NO4/c1-14-7-9(12)8-15-6-5-11-4-2-3-10(11)13/h9,12H,2-8H2,1H3. The van der Waals surface area contributed by atoms with Crippen molar-refractivity contribution in [2.45, 2.75) is 18.9 Å². The van der Waals surface area contributed by atoms with Crippen molar-refractivity contribution in [3.05, 3.63) is 0 Å². The second-order valence-electron chi connectivity index (χ2n) is 3.67. The molecule has 5 heteroatoms. The first-order valence-corrected chi connectivity index (χ1v) is 5.26. The molecule has 1 aliphatic rings. The number of nitrogens with zero attached hydrogens (tertiary/aromatic N) is 1. The predicted octanol–water partition coefficient (Wildman–Crippen LogP) is -0.367. The lowest BCUT2D eigenvalue weighted by molar-refractivity contribution is -0.128. The van der Waals surface area contributed by atoms with E-state index in [4.69, 9.17) is 9.47 Å². The number of ether oxygens (including phenoxy) is 2. The smallest absolute Gasteiger partial charge is 0.222 e. The van der Waals surface area contributed by atoms with Crippen molar-refractivity contribution in [2.75, 3.05) is 40.0 Å². The topological polar surface area (TPSA) is 59.0 Å². The minimum absolute atomic E-state index is 0.205. The van der Waals surface area contributed by atoms with Crippen molar-refractivity contribution in [1.82, 2.24) is 4.90 Å². The summed E-state index contributed by atoms with van der Waals surface area (Å²) in [6.45, 7) is 2.48. The van der Waals surface area contributed by atoms with E-state index in [0.717, 1.165) is 13.0 Å². The van der Waals surface area contributed by atoms with Gasteiger partial charge in [-0.1, -0.05) is 0 Å². The van der Waals surface area contributed by atoms with Gasteiger partial charge >= 0.3 is 0 Å². The summed E-state index contributed by atoms with van der Waals surface area (Å²) in [6, 6.07) is 0. The van der Waals surface area contributed by atoms with Gasteiger partial charge in [0.05, 0.1) is 19.8 Å². The molecule has 0 bridgehead atoms. The third-order valence-electron chi connectivity index (χ3n) is 2.35. The van der Waals surface area contributed by atoms with Crippen molar-refractivity contribution in [3.63, 3.8) is 0 Å². The van der Waals surface area contributed by atoms with Gasteiger partial charge in [0.15, 0.2) is 0 Å². The van der Waals surface area contributed by atoms with Crippen LogP contribution in [0, 0.1) is 0 Å². The van der Waals surface area contributed by atoms with Gasteiger partial charge < -0.3 is 19.5 Å². The highest BCUT2D eigenvalue weighted by Crippen LogP contribution is 2.08. The van der Waals surface area contributed by atoms with Crippen molar-refractivity contribution >= 4 is 5.91 Å². The molecular weight excluding hydrogens is 198 g/mol. The first kappa shape index (κ1) is 12.4. The van der Waals surface area contributed by atoms with E-state index in [9.17, 15) is 9.90 Å². The van der Waals surface area contributed by atoms with Crippen LogP contribution in [0.4, 0.5) is 0 Å². The summed E-state index contributed by atoms with van der Waals surface area (Å²) in [7, 11) is 1.53. The first-order chi connectivity index (χ1) is 7.24. The van der Waals surface area contributed by atoms with Gasteiger partial charge in [-0.2, -0.15) is 0 Å². The summed E-state index contributed by atoms with van der Waals surface area (Å²) in [6.07, 6.45) is 1.03. The largest absolute Gasteiger partial charge is 0.388 e. The maximum Gasteiger partial charge on any atom is 0.222 e. The second kappa shape index (κ2) is 6.76. The van der Waals surface area contributed by atoms with E-state index in [1.807, 2.05) is 0 Å². The monoisotopic (exact) mass is 217 g/mol. The van der Waals surface area contributed by atoms with Gasteiger partial charge in [0.25, 0.3) is 0 Å². The number of carbonyl (C=O) groups is 1. The summed E-state index contributed by atoms with van der Waals surface area (Å²) >= 11 is 0. The molecule has 1 N–H and O–H groups in total. The van der Waals surface area contributed by atoms with Crippen LogP contribution in [0.25, 0.3) is 0 Å². The summed E-state index contributed by atoms with van der Waals surface area (Å²) in [4.78, 5) is 13.0. The SMILES string of the molecule is COCC(O)COCCN1CCCC1=O.